The van der Waals surface area contributed by atoms with E-state index in [0.717, 1.165) is 0 Å². The third-order valence-corrected chi connectivity index (χ3v) is 1.77. The lowest BCUT2D eigenvalue weighted by Crippen LogP contribution is -2.04. The molecule has 3 heteroatoms. The first-order chi connectivity index (χ1) is 5.66. The van der Waals surface area contributed by atoms with Crippen LogP contribution in [0.4, 0.5) is 8.78 Å². The molecule has 1 unspecified atom stereocenters. The van der Waals surface area contributed by atoms with Gasteiger partial charge in [0.1, 0.15) is 11.6 Å². The largest absolute Gasteiger partial charge is 0.396 e. The Kier molecular flexibility index (Phi) is 2.76. The summed E-state index contributed by atoms with van der Waals surface area (Å²) in [4.78, 5) is 0. The summed E-state index contributed by atoms with van der Waals surface area (Å²) in [6.07, 6.45) is 0. The molecule has 1 nitrogen and oxygen atoms in total. The minimum atomic E-state index is -0.600. The molecule has 0 fully saturated rings. The molecule has 0 aliphatic rings. The third-order valence-electron chi connectivity index (χ3n) is 1.77. The third kappa shape index (κ3) is 1.61. The Morgan fingerprint density at radius 3 is 2.25 bits per heavy atom. The van der Waals surface area contributed by atoms with Gasteiger partial charge in [-0.15, -0.1) is 0 Å². The molecule has 1 rings (SSSR count). The number of rotatable bonds is 2. The van der Waals surface area contributed by atoms with E-state index >= 15 is 0 Å². The zero-order valence-corrected chi connectivity index (χ0v) is 6.72. The van der Waals surface area contributed by atoms with E-state index in [9.17, 15) is 8.78 Å². The Hall–Kier alpha value is -0.960. The summed E-state index contributed by atoms with van der Waals surface area (Å²) in [6, 6.07) is 3.67. The lowest BCUT2D eigenvalue weighted by atomic mass is 10.0. The molecular weight excluding hydrogens is 162 g/mol. The highest BCUT2D eigenvalue weighted by Crippen LogP contribution is 2.21. The molecule has 1 N–H and O–H groups in total. The van der Waals surface area contributed by atoms with Gasteiger partial charge in [-0.25, -0.2) is 8.78 Å². The molecule has 1 atom stereocenters. The summed E-state index contributed by atoms with van der Waals surface area (Å²) in [5.74, 6) is -1.70. The fourth-order valence-electron chi connectivity index (χ4n) is 1.07. The molecule has 0 amide bonds. The van der Waals surface area contributed by atoms with E-state index in [1.54, 1.807) is 6.92 Å². The van der Waals surface area contributed by atoms with Gasteiger partial charge in [0.2, 0.25) is 0 Å². The standard InChI is InChI=1S/C9H10F2O/c1-6(5-12)9-7(10)3-2-4-8(9)11/h2-4,6,12H,5H2,1H3. The smallest absolute Gasteiger partial charge is 0.129 e. The SMILES string of the molecule is CC(CO)c1c(F)cccc1F. The number of aliphatic hydroxyl groups excluding tert-OH is 1. The van der Waals surface area contributed by atoms with Gasteiger partial charge in [0.25, 0.3) is 0 Å². The van der Waals surface area contributed by atoms with E-state index in [4.69, 9.17) is 5.11 Å². The molecule has 0 saturated carbocycles. The normalized spacial score (nSPS) is 13.0. The van der Waals surface area contributed by atoms with Crippen LogP contribution >= 0.6 is 0 Å². The highest BCUT2D eigenvalue weighted by Gasteiger charge is 2.14. The molecule has 0 aliphatic carbocycles. The fourth-order valence-corrected chi connectivity index (χ4v) is 1.07. The van der Waals surface area contributed by atoms with Gasteiger partial charge in [-0.1, -0.05) is 13.0 Å². The number of benzene rings is 1. The Bertz CT molecular complexity index is 253. The minimum absolute atomic E-state index is 0.0417. The highest BCUT2D eigenvalue weighted by molar-refractivity contribution is 5.23. The average Bonchev–Trinajstić information content (AvgIpc) is 2.03. The minimum Gasteiger partial charge on any atom is -0.396 e. The molecule has 0 aromatic heterocycles. The summed E-state index contributed by atoms with van der Waals surface area (Å²) in [5, 5.41) is 8.70. The van der Waals surface area contributed by atoms with Crippen molar-refractivity contribution in [1.29, 1.82) is 0 Å². The predicted molar refractivity (Wildman–Crippen MR) is 41.9 cm³/mol. The number of hydrogen-bond acceptors (Lipinski definition) is 1. The number of hydrogen-bond donors (Lipinski definition) is 1. The quantitative estimate of drug-likeness (QED) is 0.723. The molecule has 66 valence electrons. The maximum Gasteiger partial charge on any atom is 0.129 e. The monoisotopic (exact) mass is 172 g/mol. The second-order valence-electron chi connectivity index (χ2n) is 2.72. The molecule has 0 heterocycles. The molecule has 12 heavy (non-hydrogen) atoms. The molecule has 1 aromatic carbocycles. The first kappa shape index (κ1) is 9.13. The topological polar surface area (TPSA) is 20.2 Å². The summed E-state index contributed by atoms with van der Waals surface area (Å²) in [7, 11) is 0. The van der Waals surface area contributed by atoms with Crippen LogP contribution in [0.3, 0.4) is 0 Å². The van der Waals surface area contributed by atoms with E-state index in [1.165, 1.54) is 18.2 Å². The first-order valence-corrected chi connectivity index (χ1v) is 3.71. The molecular formula is C9H10F2O. The van der Waals surface area contributed by atoms with E-state index < -0.39 is 17.6 Å². The van der Waals surface area contributed by atoms with Crippen molar-refractivity contribution in [3.63, 3.8) is 0 Å². The van der Waals surface area contributed by atoms with Crippen LogP contribution in [0.2, 0.25) is 0 Å². The van der Waals surface area contributed by atoms with Crippen molar-refractivity contribution in [3.05, 3.63) is 35.4 Å². The molecule has 0 spiro atoms. The van der Waals surface area contributed by atoms with Gasteiger partial charge in [0.15, 0.2) is 0 Å². The lowest BCUT2D eigenvalue weighted by Gasteiger charge is -2.09. The number of halogens is 2. The second kappa shape index (κ2) is 3.63. The van der Waals surface area contributed by atoms with Crippen LogP contribution < -0.4 is 0 Å². The predicted octanol–water partition coefficient (Wildman–Crippen LogP) is 2.06. The number of aliphatic hydroxyl groups is 1. The Morgan fingerprint density at radius 1 is 1.33 bits per heavy atom. The zero-order valence-electron chi connectivity index (χ0n) is 6.72. The average molecular weight is 172 g/mol. The molecule has 0 aliphatic heterocycles. The molecule has 0 bridgehead atoms. The van der Waals surface area contributed by atoms with Crippen molar-refractivity contribution >= 4 is 0 Å². The van der Waals surface area contributed by atoms with E-state index in [2.05, 4.69) is 0 Å². The van der Waals surface area contributed by atoms with Crippen LogP contribution in [-0.2, 0) is 0 Å². The van der Waals surface area contributed by atoms with Crippen molar-refractivity contribution in [2.24, 2.45) is 0 Å². The van der Waals surface area contributed by atoms with Gasteiger partial charge in [0.05, 0.1) is 0 Å². The summed E-state index contributed by atoms with van der Waals surface area (Å²) in [5.41, 5.74) is -0.0417. The Balaban J connectivity index is 3.12. The van der Waals surface area contributed by atoms with Crippen LogP contribution in [0.1, 0.15) is 18.4 Å². The van der Waals surface area contributed by atoms with Crippen LogP contribution in [0.5, 0.6) is 0 Å². The Morgan fingerprint density at radius 2 is 1.83 bits per heavy atom. The van der Waals surface area contributed by atoms with Gasteiger partial charge in [0, 0.05) is 18.1 Å². The van der Waals surface area contributed by atoms with Crippen LogP contribution in [0, 0.1) is 11.6 Å². The van der Waals surface area contributed by atoms with Gasteiger partial charge >= 0.3 is 0 Å². The van der Waals surface area contributed by atoms with Gasteiger partial charge in [-0.2, -0.15) is 0 Å². The van der Waals surface area contributed by atoms with Gasteiger partial charge < -0.3 is 5.11 Å². The van der Waals surface area contributed by atoms with Crippen molar-refractivity contribution in [2.45, 2.75) is 12.8 Å². The summed E-state index contributed by atoms with van der Waals surface area (Å²) in [6.45, 7) is 1.32. The molecule has 1 aromatic rings. The highest BCUT2D eigenvalue weighted by atomic mass is 19.1. The van der Waals surface area contributed by atoms with Crippen molar-refractivity contribution in [2.75, 3.05) is 6.61 Å². The summed E-state index contributed by atoms with van der Waals surface area (Å²) < 4.78 is 25.9. The molecule has 0 radical (unpaired) electrons. The zero-order chi connectivity index (χ0) is 9.14. The van der Waals surface area contributed by atoms with Gasteiger partial charge in [-0.3, -0.25) is 0 Å². The fraction of sp³-hybridized carbons (Fsp3) is 0.333. The van der Waals surface area contributed by atoms with Crippen LogP contribution in [-0.4, -0.2) is 11.7 Å². The lowest BCUT2D eigenvalue weighted by molar-refractivity contribution is 0.267. The maximum absolute atomic E-state index is 12.9. The van der Waals surface area contributed by atoms with E-state index in [0.29, 0.717) is 0 Å². The summed E-state index contributed by atoms with van der Waals surface area (Å²) >= 11 is 0. The van der Waals surface area contributed by atoms with Gasteiger partial charge in [-0.05, 0) is 12.1 Å². The van der Waals surface area contributed by atoms with Crippen molar-refractivity contribution < 1.29 is 13.9 Å². The van der Waals surface area contributed by atoms with E-state index in [1.807, 2.05) is 0 Å². The molecule has 0 saturated heterocycles. The van der Waals surface area contributed by atoms with E-state index in [-0.39, 0.29) is 12.2 Å². The first-order valence-electron chi connectivity index (χ1n) is 3.71. The Labute approximate surface area is 69.7 Å². The van der Waals surface area contributed by atoms with Crippen LogP contribution in [0.15, 0.2) is 18.2 Å². The van der Waals surface area contributed by atoms with Crippen molar-refractivity contribution in [3.8, 4) is 0 Å². The second-order valence-corrected chi connectivity index (χ2v) is 2.72. The van der Waals surface area contributed by atoms with Crippen molar-refractivity contribution in [1.82, 2.24) is 0 Å². The maximum atomic E-state index is 12.9. The van der Waals surface area contributed by atoms with Crippen LogP contribution in [0.25, 0.3) is 0 Å².